The molecule has 5 N–H and O–H groups in total. The largest absolute Gasteiger partial charge is 0.412 e. The highest BCUT2D eigenvalue weighted by Crippen LogP contribution is 1.79. The van der Waals surface area contributed by atoms with Gasteiger partial charge >= 0.3 is 0 Å². The van der Waals surface area contributed by atoms with Crippen molar-refractivity contribution in [3.05, 3.63) is 0 Å². The van der Waals surface area contributed by atoms with Crippen molar-refractivity contribution in [3.8, 4) is 0 Å². The molecule has 0 aliphatic heterocycles. The molecule has 3 heteroatoms. The van der Waals surface area contributed by atoms with Crippen LogP contribution in [0.25, 0.3) is 0 Å². The molecule has 0 amide bonds. The third kappa shape index (κ3) is 10.7. The molecule has 0 unspecified atom stereocenters. The summed E-state index contributed by atoms with van der Waals surface area (Å²) in [6.45, 7) is 0.970. The predicted octanol–water partition coefficient (Wildman–Crippen LogP) is -1.11. The SMILES string of the molecule is NCCCCO.O. The highest BCUT2D eigenvalue weighted by atomic mass is 16.2. The van der Waals surface area contributed by atoms with Crippen LogP contribution in [0.5, 0.6) is 0 Å². The standard InChI is InChI=1S/C4H11NO.H2O/c5-3-1-2-4-6;/h6H,1-5H2;1H2. The molecule has 0 fully saturated rings. The van der Waals surface area contributed by atoms with Crippen molar-refractivity contribution < 1.29 is 10.6 Å². The summed E-state index contributed by atoms with van der Waals surface area (Å²) in [6, 6.07) is 0. The molecule has 0 saturated heterocycles. The highest BCUT2D eigenvalue weighted by Gasteiger charge is 1.76. The summed E-state index contributed by atoms with van der Waals surface area (Å²) in [5.41, 5.74) is 5.10. The lowest BCUT2D eigenvalue weighted by Gasteiger charge is -1.86. The summed E-state index contributed by atoms with van der Waals surface area (Å²) in [7, 11) is 0. The molecule has 0 heterocycles. The van der Waals surface area contributed by atoms with Crippen LogP contribution in [0, 0.1) is 0 Å². The average molecular weight is 107 g/mol. The molecule has 0 rings (SSSR count). The van der Waals surface area contributed by atoms with E-state index in [9.17, 15) is 0 Å². The van der Waals surface area contributed by atoms with Gasteiger partial charge in [0.1, 0.15) is 0 Å². The minimum Gasteiger partial charge on any atom is -0.412 e. The van der Waals surface area contributed by atoms with E-state index in [-0.39, 0.29) is 12.1 Å². The van der Waals surface area contributed by atoms with Gasteiger partial charge in [0.15, 0.2) is 0 Å². The molecule has 0 aromatic carbocycles. The van der Waals surface area contributed by atoms with Gasteiger partial charge in [0, 0.05) is 6.61 Å². The van der Waals surface area contributed by atoms with Crippen molar-refractivity contribution in [1.82, 2.24) is 0 Å². The highest BCUT2D eigenvalue weighted by molar-refractivity contribution is 4.34. The third-order valence-corrected chi connectivity index (χ3v) is 0.612. The summed E-state index contributed by atoms with van der Waals surface area (Å²) in [6.07, 6.45) is 1.78. The average Bonchev–Trinajstić information content (AvgIpc) is 1.61. The van der Waals surface area contributed by atoms with Crippen LogP contribution < -0.4 is 5.73 Å². The monoisotopic (exact) mass is 107 g/mol. The molecule has 0 saturated carbocycles. The molecule has 3 nitrogen and oxygen atoms in total. The van der Waals surface area contributed by atoms with E-state index in [0.717, 1.165) is 12.8 Å². The van der Waals surface area contributed by atoms with Gasteiger partial charge in [-0.3, -0.25) is 0 Å². The molecule has 0 bridgehead atoms. The van der Waals surface area contributed by atoms with Gasteiger partial charge in [0.05, 0.1) is 0 Å². The molecular weight excluding hydrogens is 94.0 g/mol. The third-order valence-electron chi connectivity index (χ3n) is 0.612. The van der Waals surface area contributed by atoms with Crippen LogP contribution in [-0.4, -0.2) is 23.7 Å². The van der Waals surface area contributed by atoms with Gasteiger partial charge in [-0.15, -0.1) is 0 Å². The molecule has 0 radical (unpaired) electrons. The lowest BCUT2D eigenvalue weighted by molar-refractivity contribution is 0.285. The normalized spacial score (nSPS) is 7.71. The van der Waals surface area contributed by atoms with Gasteiger partial charge < -0.3 is 16.3 Å². The number of hydrogen-bond acceptors (Lipinski definition) is 2. The van der Waals surface area contributed by atoms with Gasteiger partial charge in [-0.05, 0) is 19.4 Å². The molecule has 0 aromatic heterocycles. The maximum Gasteiger partial charge on any atom is 0.0431 e. The van der Waals surface area contributed by atoms with Gasteiger partial charge in [-0.2, -0.15) is 0 Å². The zero-order valence-corrected chi connectivity index (χ0v) is 4.35. The summed E-state index contributed by atoms with van der Waals surface area (Å²) >= 11 is 0. The molecule has 0 aromatic rings. The Hall–Kier alpha value is -0.120. The number of aliphatic hydroxyl groups is 1. The fourth-order valence-electron chi connectivity index (χ4n) is 0.256. The van der Waals surface area contributed by atoms with Crippen LogP contribution in [0.4, 0.5) is 0 Å². The Morgan fingerprint density at radius 1 is 1.29 bits per heavy atom. The van der Waals surface area contributed by atoms with Crippen molar-refractivity contribution in [3.63, 3.8) is 0 Å². The Balaban J connectivity index is 0. The van der Waals surface area contributed by atoms with Gasteiger partial charge in [-0.25, -0.2) is 0 Å². The number of nitrogens with two attached hydrogens (primary N) is 1. The minimum absolute atomic E-state index is 0. The molecular formula is C4H13NO2. The van der Waals surface area contributed by atoms with Crippen LogP contribution >= 0.6 is 0 Å². The van der Waals surface area contributed by atoms with E-state index in [2.05, 4.69) is 0 Å². The first-order valence-electron chi connectivity index (χ1n) is 2.22. The molecule has 7 heavy (non-hydrogen) atoms. The van der Waals surface area contributed by atoms with Crippen molar-refractivity contribution >= 4 is 0 Å². The van der Waals surface area contributed by atoms with E-state index in [4.69, 9.17) is 10.8 Å². The quantitative estimate of drug-likeness (QED) is 0.449. The van der Waals surface area contributed by atoms with E-state index in [1.807, 2.05) is 0 Å². The second-order valence-electron chi connectivity index (χ2n) is 1.22. The van der Waals surface area contributed by atoms with Gasteiger partial charge in [0.25, 0.3) is 0 Å². The van der Waals surface area contributed by atoms with Gasteiger partial charge in [0.2, 0.25) is 0 Å². The van der Waals surface area contributed by atoms with Crippen LogP contribution in [0.2, 0.25) is 0 Å². The summed E-state index contributed by atoms with van der Waals surface area (Å²) < 4.78 is 0. The lowest BCUT2D eigenvalue weighted by Crippen LogP contribution is -1.98. The van der Waals surface area contributed by atoms with E-state index < -0.39 is 0 Å². The number of aliphatic hydroxyl groups excluding tert-OH is 1. The van der Waals surface area contributed by atoms with E-state index in [0.29, 0.717) is 6.54 Å². The zero-order valence-electron chi connectivity index (χ0n) is 4.35. The topological polar surface area (TPSA) is 77.8 Å². The summed E-state index contributed by atoms with van der Waals surface area (Å²) in [5.74, 6) is 0. The van der Waals surface area contributed by atoms with Crippen molar-refractivity contribution in [2.24, 2.45) is 5.73 Å². The summed E-state index contributed by atoms with van der Waals surface area (Å²) in [5, 5.41) is 8.14. The fourth-order valence-corrected chi connectivity index (χ4v) is 0.256. The molecule has 46 valence electrons. The Bertz CT molecular complexity index is 21.7. The maximum absolute atomic E-state index is 8.14. The Morgan fingerprint density at radius 3 is 2.00 bits per heavy atom. The smallest absolute Gasteiger partial charge is 0.0431 e. The first-order chi connectivity index (χ1) is 2.91. The number of unbranched alkanes of at least 4 members (excludes halogenated alkanes) is 1. The lowest BCUT2D eigenvalue weighted by atomic mass is 10.3. The predicted molar refractivity (Wildman–Crippen MR) is 29.0 cm³/mol. The molecule has 0 spiro atoms. The molecule has 0 aliphatic rings. The summed E-state index contributed by atoms with van der Waals surface area (Å²) in [4.78, 5) is 0. The van der Waals surface area contributed by atoms with E-state index in [1.165, 1.54) is 0 Å². The molecule has 0 atom stereocenters. The van der Waals surface area contributed by atoms with Crippen LogP contribution in [0.15, 0.2) is 0 Å². The van der Waals surface area contributed by atoms with Crippen LogP contribution in [0.1, 0.15) is 12.8 Å². The van der Waals surface area contributed by atoms with Crippen molar-refractivity contribution in [1.29, 1.82) is 0 Å². The van der Waals surface area contributed by atoms with E-state index in [1.54, 1.807) is 0 Å². The van der Waals surface area contributed by atoms with Crippen LogP contribution in [0.3, 0.4) is 0 Å². The van der Waals surface area contributed by atoms with Crippen LogP contribution in [-0.2, 0) is 0 Å². The Morgan fingerprint density at radius 2 is 1.86 bits per heavy atom. The fraction of sp³-hybridized carbons (Fsp3) is 1.00. The van der Waals surface area contributed by atoms with E-state index >= 15 is 0 Å². The van der Waals surface area contributed by atoms with Crippen molar-refractivity contribution in [2.75, 3.05) is 13.2 Å². The Labute approximate surface area is 43.4 Å². The maximum atomic E-state index is 8.14. The minimum atomic E-state index is 0. The zero-order chi connectivity index (χ0) is 4.83. The second-order valence-corrected chi connectivity index (χ2v) is 1.22. The first kappa shape index (κ1) is 9.99. The second kappa shape index (κ2) is 9.30. The Kier molecular flexibility index (Phi) is 13.3. The van der Waals surface area contributed by atoms with Gasteiger partial charge in [-0.1, -0.05) is 0 Å². The first-order valence-corrected chi connectivity index (χ1v) is 2.22. The van der Waals surface area contributed by atoms with Crippen molar-refractivity contribution in [2.45, 2.75) is 12.8 Å². The number of rotatable bonds is 3. The number of hydrogen-bond donors (Lipinski definition) is 2. The molecule has 0 aliphatic carbocycles.